The van der Waals surface area contributed by atoms with Crippen LogP contribution in [-0.2, 0) is 4.74 Å². The van der Waals surface area contributed by atoms with Gasteiger partial charge in [-0.2, -0.15) is 5.10 Å². The Bertz CT molecular complexity index is 565. The second-order valence-electron chi connectivity index (χ2n) is 5.43. The largest absolute Gasteiger partial charge is 0.374 e. The third-order valence-electron chi connectivity index (χ3n) is 3.99. The molecule has 0 unspecified atom stereocenters. The van der Waals surface area contributed by atoms with E-state index in [1.54, 1.807) is 6.20 Å². The van der Waals surface area contributed by atoms with Crippen molar-refractivity contribution in [3.63, 3.8) is 0 Å². The van der Waals surface area contributed by atoms with Crippen molar-refractivity contribution >= 4 is 5.82 Å². The summed E-state index contributed by atoms with van der Waals surface area (Å²) in [6.45, 7) is 5.57. The number of ether oxygens (including phenoxy) is 1. The number of morpholine rings is 1. The highest BCUT2D eigenvalue weighted by Gasteiger charge is 2.24. The number of nitrogens with one attached hydrogen (secondary N) is 1. The van der Waals surface area contributed by atoms with Crippen molar-refractivity contribution in [3.8, 4) is 0 Å². The fourth-order valence-electron chi connectivity index (χ4n) is 2.68. The van der Waals surface area contributed by atoms with E-state index in [9.17, 15) is 0 Å². The molecule has 2 aromatic rings. The van der Waals surface area contributed by atoms with E-state index in [2.05, 4.69) is 44.5 Å². The van der Waals surface area contributed by atoms with Crippen molar-refractivity contribution in [2.45, 2.75) is 19.1 Å². The first-order valence-electron chi connectivity index (χ1n) is 7.60. The lowest BCUT2D eigenvalue weighted by Crippen LogP contribution is -2.46. The quantitative estimate of drug-likeness (QED) is 0.907. The standard InChI is InChI=1S/C16H21N5O/c1-13(14-4-7-17-8-5-14)21-9-10-22-15(12-21)11-18-16-3-2-6-19-20-16/h2-8,13,15H,9-12H2,1H3,(H,18,20)/t13-,15-/m1/s1. The predicted octanol–water partition coefficient (Wildman–Crippen LogP) is 1.75. The highest BCUT2D eigenvalue weighted by Crippen LogP contribution is 2.22. The van der Waals surface area contributed by atoms with Crippen LogP contribution in [-0.4, -0.2) is 52.4 Å². The van der Waals surface area contributed by atoms with Crippen LogP contribution in [0.25, 0.3) is 0 Å². The van der Waals surface area contributed by atoms with Crippen molar-refractivity contribution in [1.29, 1.82) is 0 Å². The zero-order valence-corrected chi connectivity index (χ0v) is 12.7. The summed E-state index contributed by atoms with van der Waals surface area (Å²) in [7, 11) is 0. The summed E-state index contributed by atoms with van der Waals surface area (Å²) in [5.74, 6) is 0.783. The fourth-order valence-corrected chi connectivity index (χ4v) is 2.68. The van der Waals surface area contributed by atoms with Crippen molar-refractivity contribution in [3.05, 3.63) is 48.4 Å². The SMILES string of the molecule is C[C@H](c1ccncc1)N1CCO[C@H](CNc2cccnn2)C1. The van der Waals surface area contributed by atoms with Gasteiger partial charge in [0.2, 0.25) is 0 Å². The molecule has 2 atom stereocenters. The van der Waals surface area contributed by atoms with E-state index < -0.39 is 0 Å². The Hall–Kier alpha value is -2.05. The molecular formula is C16H21N5O. The molecule has 0 spiro atoms. The maximum Gasteiger partial charge on any atom is 0.148 e. The number of hydrogen-bond donors (Lipinski definition) is 1. The van der Waals surface area contributed by atoms with Crippen LogP contribution in [0.1, 0.15) is 18.5 Å². The lowest BCUT2D eigenvalue weighted by molar-refractivity contribution is -0.0346. The third-order valence-corrected chi connectivity index (χ3v) is 3.99. The van der Waals surface area contributed by atoms with Crippen LogP contribution < -0.4 is 5.32 Å². The Morgan fingerprint density at radius 2 is 2.18 bits per heavy atom. The van der Waals surface area contributed by atoms with Crippen LogP contribution in [0.15, 0.2) is 42.9 Å². The second kappa shape index (κ2) is 7.29. The molecule has 22 heavy (non-hydrogen) atoms. The van der Waals surface area contributed by atoms with Crippen molar-refractivity contribution in [1.82, 2.24) is 20.1 Å². The van der Waals surface area contributed by atoms with Gasteiger partial charge in [-0.15, -0.1) is 5.10 Å². The summed E-state index contributed by atoms with van der Waals surface area (Å²) in [6.07, 6.45) is 5.51. The summed E-state index contributed by atoms with van der Waals surface area (Å²) in [6, 6.07) is 8.30. The summed E-state index contributed by atoms with van der Waals surface area (Å²) in [5.41, 5.74) is 1.29. The van der Waals surface area contributed by atoms with Crippen LogP contribution in [0.5, 0.6) is 0 Å². The molecule has 1 aliphatic heterocycles. The topological polar surface area (TPSA) is 63.2 Å². The van der Waals surface area contributed by atoms with E-state index in [1.807, 2.05) is 24.5 Å². The molecule has 1 saturated heterocycles. The number of anilines is 1. The Morgan fingerprint density at radius 3 is 2.95 bits per heavy atom. The Labute approximate surface area is 130 Å². The molecule has 6 heteroatoms. The summed E-state index contributed by atoms with van der Waals surface area (Å²) >= 11 is 0. The Kier molecular flexibility index (Phi) is 4.92. The molecule has 0 amide bonds. The van der Waals surface area contributed by atoms with Crippen molar-refractivity contribution in [2.24, 2.45) is 0 Å². The number of nitrogens with zero attached hydrogens (tertiary/aromatic N) is 4. The van der Waals surface area contributed by atoms with E-state index in [-0.39, 0.29) is 6.10 Å². The number of pyridine rings is 1. The molecule has 0 aliphatic carbocycles. The maximum atomic E-state index is 5.85. The van der Waals surface area contributed by atoms with E-state index >= 15 is 0 Å². The van der Waals surface area contributed by atoms with Crippen LogP contribution in [0.3, 0.4) is 0 Å². The van der Waals surface area contributed by atoms with Gasteiger partial charge in [0.25, 0.3) is 0 Å². The van der Waals surface area contributed by atoms with E-state index in [4.69, 9.17) is 4.74 Å². The van der Waals surface area contributed by atoms with Gasteiger partial charge in [-0.25, -0.2) is 0 Å². The van der Waals surface area contributed by atoms with Crippen LogP contribution in [0.4, 0.5) is 5.82 Å². The zero-order valence-electron chi connectivity index (χ0n) is 12.7. The number of rotatable bonds is 5. The van der Waals surface area contributed by atoms with Gasteiger partial charge in [0.05, 0.1) is 12.7 Å². The van der Waals surface area contributed by atoms with Gasteiger partial charge in [-0.3, -0.25) is 9.88 Å². The van der Waals surface area contributed by atoms with E-state index in [1.165, 1.54) is 5.56 Å². The normalized spacial score (nSPS) is 20.5. The predicted molar refractivity (Wildman–Crippen MR) is 84.5 cm³/mol. The molecule has 0 saturated carbocycles. The summed E-state index contributed by atoms with van der Waals surface area (Å²) < 4.78 is 5.85. The van der Waals surface area contributed by atoms with Gasteiger partial charge in [-0.1, -0.05) is 0 Å². The smallest absolute Gasteiger partial charge is 0.148 e. The monoisotopic (exact) mass is 299 g/mol. The van der Waals surface area contributed by atoms with E-state index in [0.29, 0.717) is 6.04 Å². The van der Waals surface area contributed by atoms with Crippen LogP contribution in [0, 0.1) is 0 Å². The highest BCUT2D eigenvalue weighted by atomic mass is 16.5. The summed E-state index contributed by atoms with van der Waals surface area (Å²) in [5, 5.41) is 11.2. The minimum absolute atomic E-state index is 0.153. The first kappa shape index (κ1) is 14.9. The number of hydrogen-bond acceptors (Lipinski definition) is 6. The number of aromatic nitrogens is 3. The van der Waals surface area contributed by atoms with Gasteiger partial charge < -0.3 is 10.1 Å². The van der Waals surface area contributed by atoms with Gasteiger partial charge in [-0.05, 0) is 36.8 Å². The molecule has 1 aliphatic rings. The molecular weight excluding hydrogens is 278 g/mol. The molecule has 0 aromatic carbocycles. The van der Waals surface area contributed by atoms with Gasteiger partial charge in [0.1, 0.15) is 5.82 Å². The molecule has 1 fully saturated rings. The zero-order chi connectivity index (χ0) is 15.2. The van der Waals surface area contributed by atoms with Crippen LogP contribution in [0.2, 0.25) is 0 Å². The van der Waals surface area contributed by atoms with Gasteiger partial charge >= 0.3 is 0 Å². The Morgan fingerprint density at radius 1 is 1.32 bits per heavy atom. The average Bonchev–Trinajstić information content (AvgIpc) is 2.61. The minimum Gasteiger partial charge on any atom is -0.374 e. The molecule has 3 rings (SSSR count). The summed E-state index contributed by atoms with van der Waals surface area (Å²) in [4.78, 5) is 6.53. The molecule has 0 radical (unpaired) electrons. The van der Waals surface area contributed by atoms with Gasteiger partial charge in [0.15, 0.2) is 0 Å². The first-order chi connectivity index (χ1) is 10.8. The lowest BCUT2D eigenvalue weighted by atomic mass is 10.1. The molecule has 116 valence electrons. The van der Waals surface area contributed by atoms with E-state index in [0.717, 1.165) is 32.1 Å². The third kappa shape index (κ3) is 3.78. The average molecular weight is 299 g/mol. The lowest BCUT2D eigenvalue weighted by Gasteiger charge is -2.37. The molecule has 6 nitrogen and oxygen atoms in total. The van der Waals surface area contributed by atoms with Crippen LogP contribution >= 0.6 is 0 Å². The van der Waals surface area contributed by atoms with Gasteiger partial charge in [0, 0.05) is 44.3 Å². The highest BCUT2D eigenvalue weighted by molar-refractivity contribution is 5.31. The molecule has 2 aromatic heterocycles. The van der Waals surface area contributed by atoms with Crippen molar-refractivity contribution < 1.29 is 4.74 Å². The molecule has 0 bridgehead atoms. The maximum absolute atomic E-state index is 5.85. The first-order valence-corrected chi connectivity index (χ1v) is 7.60. The fraction of sp³-hybridized carbons (Fsp3) is 0.438. The second-order valence-corrected chi connectivity index (χ2v) is 5.43. The molecule has 1 N–H and O–H groups in total. The Balaban J connectivity index is 1.55. The minimum atomic E-state index is 0.153. The van der Waals surface area contributed by atoms with Crippen molar-refractivity contribution in [2.75, 3.05) is 31.6 Å². The molecule has 3 heterocycles.